The predicted octanol–water partition coefficient (Wildman–Crippen LogP) is 1.81. The smallest absolute Gasteiger partial charge is 0.156 e. The van der Waals surface area contributed by atoms with Crippen molar-refractivity contribution in [3.63, 3.8) is 0 Å². The molecule has 0 aliphatic heterocycles. The van der Waals surface area contributed by atoms with Gasteiger partial charge in [0.1, 0.15) is 0 Å². The van der Waals surface area contributed by atoms with Crippen molar-refractivity contribution in [2.45, 2.75) is 18.8 Å². The molecule has 0 radical (unpaired) electrons. The van der Waals surface area contributed by atoms with Crippen molar-refractivity contribution in [3.8, 4) is 0 Å². The van der Waals surface area contributed by atoms with Gasteiger partial charge in [-0.15, -0.1) is 11.3 Å². The molecular formula is C8H11BrO3S2. The van der Waals surface area contributed by atoms with Crippen LogP contribution in [0.25, 0.3) is 0 Å². The van der Waals surface area contributed by atoms with Crippen molar-refractivity contribution in [1.29, 1.82) is 0 Å². The van der Waals surface area contributed by atoms with E-state index in [1.165, 1.54) is 18.3 Å². The largest absolute Gasteiger partial charge is 0.392 e. The van der Waals surface area contributed by atoms with Crippen LogP contribution in [-0.4, -0.2) is 25.4 Å². The molecule has 0 aliphatic carbocycles. The molecular weight excluding hydrogens is 288 g/mol. The van der Waals surface area contributed by atoms with Gasteiger partial charge in [-0.3, -0.25) is 0 Å². The lowest BCUT2D eigenvalue weighted by molar-refractivity contribution is 0.218. The first-order valence-electron chi connectivity index (χ1n) is 4.00. The van der Waals surface area contributed by atoms with Gasteiger partial charge in [0.2, 0.25) is 0 Å². The van der Waals surface area contributed by atoms with Gasteiger partial charge in [-0.05, 0) is 39.9 Å². The average molecular weight is 299 g/mol. The number of aliphatic hydroxyl groups is 1. The van der Waals surface area contributed by atoms with Crippen molar-refractivity contribution in [2.75, 3.05) is 5.75 Å². The van der Waals surface area contributed by atoms with Crippen molar-refractivity contribution in [1.82, 2.24) is 0 Å². The summed E-state index contributed by atoms with van der Waals surface area (Å²) in [5, 5.41) is 10.8. The van der Waals surface area contributed by atoms with Crippen LogP contribution in [0.3, 0.4) is 0 Å². The lowest BCUT2D eigenvalue weighted by Crippen LogP contribution is -2.18. The molecule has 0 saturated heterocycles. The summed E-state index contributed by atoms with van der Waals surface area (Å²) in [7, 11) is -3.18. The normalized spacial score (nSPS) is 14.2. The van der Waals surface area contributed by atoms with Gasteiger partial charge in [0.05, 0.1) is 21.4 Å². The van der Waals surface area contributed by atoms with Gasteiger partial charge >= 0.3 is 0 Å². The highest BCUT2D eigenvalue weighted by Gasteiger charge is 2.15. The first kappa shape index (κ1) is 12.2. The van der Waals surface area contributed by atoms with Crippen LogP contribution in [0.4, 0.5) is 0 Å². The highest BCUT2D eigenvalue weighted by molar-refractivity contribution is 9.11. The maximum absolute atomic E-state index is 11.4. The summed E-state index contributed by atoms with van der Waals surface area (Å²) in [6.45, 7) is 1.47. The van der Waals surface area contributed by atoms with Crippen molar-refractivity contribution in [2.24, 2.45) is 0 Å². The van der Waals surface area contributed by atoms with Crippen LogP contribution in [-0.2, 0) is 15.6 Å². The van der Waals surface area contributed by atoms with Gasteiger partial charge in [0, 0.05) is 0 Å². The highest BCUT2D eigenvalue weighted by atomic mass is 79.9. The molecule has 0 aromatic carbocycles. The van der Waals surface area contributed by atoms with E-state index in [9.17, 15) is 8.42 Å². The third-order valence-electron chi connectivity index (χ3n) is 1.50. The molecule has 1 N–H and O–H groups in total. The van der Waals surface area contributed by atoms with Gasteiger partial charge < -0.3 is 5.11 Å². The minimum Gasteiger partial charge on any atom is -0.392 e. The summed E-state index contributed by atoms with van der Waals surface area (Å²) in [5.74, 6) is -0.180. The fourth-order valence-corrected chi connectivity index (χ4v) is 3.94. The van der Waals surface area contributed by atoms with Gasteiger partial charge in [-0.25, -0.2) is 8.42 Å². The predicted molar refractivity (Wildman–Crippen MR) is 61.2 cm³/mol. The van der Waals surface area contributed by atoms with Gasteiger partial charge in [0.15, 0.2) is 9.84 Å². The zero-order chi connectivity index (χ0) is 10.8. The van der Waals surface area contributed by atoms with E-state index in [4.69, 9.17) is 5.11 Å². The minimum atomic E-state index is -3.18. The van der Waals surface area contributed by atoms with Crippen LogP contribution >= 0.6 is 27.3 Å². The molecule has 0 spiro atoms. The maximum atomic E-state index is 11.4. The number of halogens is 1. The first-order chi connectivity index (χ1) is 6.39. The average Bonchev–Trinajstić information content (AvgIpc) is 2.30. The van der Waals surface area contributed by atoms with E-state index in [2.05, 4.69) is 15.9 Å². The van der Waals surface area contributed by atoms with Gasteiger partial charge in [-0.2, -0.15) is 0 Å². The van der Waals surface area contributed by atoms with E-state index in [1.807, 2.05) is 0 Å². The Morgan fingerprint density at radius 2 is 2.29 bits per heavy atom. The van der Waals surface area contributed by atoms with E-state index >= 15 is 0 Å². The Labute approximate surface area is 95.8 Å². The monoisotopic (exact) mass is 298 g/mol. The number of hydrogen-bond donors (Lipinski definition) is 1. The van der Waals surface area contributed by atoms with E-state index in [-0.39, 0.29) is 11.5 Å². The SMILES string of the molecule is CC(O)CS(=O)(=O)Cc1csc(Br)c1. The van der Waals surface area contributed by atoms with E-state index < -0.39 is 15.9 Å². The molecule has 0 aliphatic rings. The third-order valence-corrected chi connectivity index (χ3v) is 4.82. The fourth-order valence-electron chi connectivity index (χ4n) is 1.10. The number of rotatable bonds is 4. The molecule has 0 fully saturated rings. The van der Waals surface area contributed by atoms with Gasteiger partial charge in [0.25, 0.3) is 0 Å². The van der Waals surface area contributed by atoms with E-state index in [1.54, 1.807) is 11.4 Å². The van der Waals surface area contributed by atoms with E-state index in [0.717, 1.165) is 9.35 Å². The van der Waals surface area contributed by atoms with E-state index in [0.29, 0.717) is 0 Å². The molecule has 1 aromatic heterocycles. The minimum absolute atomic E-state index is 0.000000000000000222. The molecule has 1 unspecified atom stereocenters. The standard InChI is InChI=1S/C8H11BrO3S2/c1-6(10)4-14(11,12)5-7-2-8(9)13-3-7/h2-3,6,10H,4-5H2,1H3. The van der Waals surface area contributed by atoms with Crippen LogP contribution in [0.2, 0.25) is 0 Å². The Kier molecular flexibility index (Phi) is 4.12. The summed E-state index contributed by atoms with van der Waals surface area (Å²) < 4.78 is 23.8. The van der Waals surface area contributed by atoms with Crippen LogP contribution in [0, 0.1) is 0 Å². The molecule has 3 nitrogen and oxygen atoms in total. The third kappa shape index (κ3) is 4.08. The lowest BCUT2D eigenvalue weighted by atomic mass is 10.4. The first-order valence-corrected chi connectivity index (χ1v) is 7.50. The number of thiophene rings is 1. The number of hydrogen-bond acceptors (Lipinski definition) is 4. The molecule has 1 heterocycles. The summed E-state index contributed by atoms with van der Waals surface area (Å²) in [6, 6.07) is 1.78. The second-order valence-corrected chi connectivity index (χ2v) is 7.56. The molecule has 0 saturated carbocycles. The van der Waals surface area contributed by atoms with Crippen molar-refractivity contribution in [3.05, 3.63) is 20.8 Å². The molecule has 1 rings (SSSR count). The van der Waals surface area contributed by atoms with Crippen LogP contribution in [0.1, 0.15) is 12.5 Å². The maximum Gasteiger partial charge on any atom is 0.156 e. The highest BCUT2D eigenvalue weighted by Crippen LogP contribution is 2.22. The van der Waals surface area contributed by atoms with Crippen LogP contribution < -0.4 is 0 Å². The van der Waals surface area contributed by atoms with Crippen molar-refractivity contribution >= 4 is 37.1 Å². The fraction of sp³-hybridized carbons (Fsp3) is 0.500. The summed E-state index contributed by atoms with van der Waals surface area (Å²) in [6.07, 6.45) is -0.804. The summed E-state index contributed by atoms with van der Waals surface area (Å²) in [4.78, 5) is 0. The summed E-state index contributed by atoms with van der Waals surface area (Å²) in [5.41, 5.74) is 0.766. The molecule has 1 aromatic rings. The molecule has 80 valence electrons. The topological polar surface area (TPSA) is 54.4 Å². The van der Waals surface area contributed by atoms with Crippen LogP contribution in [0.15, 0.2) is 15.2 Å². The lowest BCUT2D eigenvalue weighted by Gasteiger charge is -2.04. The molecule has 6 heteroatoms. The van der Waals surface area contributed by atoms with Gasteiger partial charge in [-0.1, -0.05) is 0 Å². The van der Waals surface area contributed by atoms with Crippen molar-refractivity contribution < 1.29 is 13.5 Å². The Bertz CT molecular complexity index is 394. The second kappa shape index (κ2) is 4.74. The summed E-state index contributed by atoms with van der Waals surface area (Å²) >= 11 is 4.72. The molecule has 0 amide bonds. The number of aliphatic hydroxyl groups excluding tert-OH is 1. The zero-order valence-corrected chi connectivity index (χ0v) is 10.8. The molecule has 14 heavy (non-hydrogen) atoms. The Morgan fingerprint density at radius 1 is 1.64 bits per heavy atom. The second-order valence-electron chi connectivity index (χ2n) is 3.16. The zero-order valence-electron chi connectivity index (χ0n) is 7.60. The quantitative estimate of drug-likeness (QED) is 0.922. The Balaban J connectivity index is 2.69. The molecule has 0 bridgehead atoms. The number of sulfone groups is 1. The molecule has 1 atom stereocenters. The Morgan fingerprint density at radius 3 is 2.71 bits per heavy atom. The van der Waals surface area contributed by atoms with Crippen LogP contribution in [0.5, 0.6) is 0 Å². The Hall–Kier alpha value is 0.0900.